The smallest absolute Gasteiger partial charge is 0.138 e. The maximum Gasteiger partial charge on any atom is 0.138 e. The number of hydrogen-bond donors (Lipinski definition) is 1. The van der Waals surface area contributed by atoms with E-state index >= 15 is 0 Å². The second kappa shape index (κ2) is 5.93. The van der Waals surface area contributed by atoms with Crippen molar-refractivity contribution in [3.8, 4) is 0 Å². The molecule has 0 radical (unpaired) electrons. The highest BCUT2D eigenvalue weighted by Crippen LogP contribution is 2.20. The quantitative estimate of drug-likeness (QED) is 0.888. The summed E-state index contributed by atoms with van der Waals surface area (Å²) in [7, 11) is 1.92. The molecule has 0 bridgehead atoms. The molecule has 0 amide bonds. The van der Waals surface area contributed by atoms with E-state index in [1.165, 1.54) is 5.56 Å². The van der Waals surface area contributed by atoms with Gasteiger partial charge in [-0.1, -0.05) is 13.0 Å². The minimum atomic E-state index is 0.223. The van der Waals surface area contributed by atoms with E-state index in [-0.39, 0.29) is 6.04 Å². The Hall–Kier alpha value is -1.75. The van der Waals surface area contributed by atoms with Crippen molar-refractivity contribution in [2.24, 2.45) is 7.05 Å². The average Bonchev–Trinajstić information content (AvgIpc) is 2.75. The summed E-state index contributed by atoms with van der Waals surface area (Å²) in [5.41, 5.74) is 3.36. The normalized spacial score (nSPS) is 12.6. The third-order valence-corrected chi connectivity index (χ3v) is 3.28. The summed E-state index contributed by atoms with van der Waals surface area (Å²) in [5, 5.41) is 7.63. The molecule has 2 heterocycles. The molecular formula is C14H21N5. The molecule has 5 heteroatoms. The largest absolute Gasteiger partial charge is 0.310 e. The fraction of sp³-hybridized carbons (Fsp3) is 0.500. The Morgan fingerprint density at radius 2 is 2.11 bits per heavy atom. The second-order valence-electron chi connectivity index (χ2n) is 4.74. The lowest BCUT2D eigenvalue weighted by molar-refractivity contribution is 0.518. The number of hydrogen-bond acceptors (Lipinski definition) is 4. The van der Waals surface area contributed by atoms with Crippen LogP contribution in [0.2, 0.25) is 0 Å². The van der Waals surface area contributed by atoms with E-state index < -0.39 is 0 Å². The molecule has 2 rings (SSSR count). The van der Waals surface area contributed by atoms with Gasteiger partial charge in [0.1, 0.15) is 12.2 Å². The van der Waals surface area contributed by atoms with Crippen LogP contribution in [-0.4, -0.2) is 26.3 Å². The summed E-state index contributed by atoms with van der Waals surface area (Å²) >= 11 is 0. The Balaban J connectivity index is 2.27. The number of nitrogens with zero attached hydrogens (tertiary/aromatic N) is 4. The van der Waals surface area contributed by atoms with Crippen molar-refractivity contribution in [1.82, 2.24) is 25.1 Å². The molecule has 0 saturated heterocycles. The standard InChI is InChI=1S/C14H21N5/c1-5-15-13(8-14-16-9-17-19(14)4)12-7-6-10(2)18-11(12)3/h6-7,9,13,15H,5,8H2,1-4H3. The van der Waals surface area contributed by atoms with Gasteiger partial charge in [-0.3, -0.25) is 9.67 Å². The van der Waals surface area contributed by atoms with Crippen molar-refractivity contribution in [2.75, 3.05) is 6.54 Å². The first-order chi connectivity index (χ1) is 9.11. The molecule has 0 fully saturated rings. The molecule has 2 aromatic rings. The molecule has 19 heavy (non-hydrogen) atoms. The van der Waals surface area contributed by atoms with Crippen LogP contribution in [-0.2, 0) is 13.5 Å². The Kier molecular flexibility index (Phi) is 4.27. The predicted octanol–water partition coefficient (Wildman–Crippen LogP) is 1.72. The van der Waals surface area contributed by atoms with Gasteiger partial charge in [-0.15, -0.1) is 0 Å². The van der Waals surface area contributed by atoms with Crippen LogP contribution in [0.25, 0.3) is 0 Å². The molecule has 102 valence electrons. The monoisotopic (exact) mass is 259 g/mol. The fourth-order valence-corrected chi connectivity index (χ4v) is 2.29. The van der Waals surface area contributed by atoms with Crippen LogP contribution in [0.1, 0.15) is 35.7 Å². The van der Waals surface area contributed by atoms with Gasteiger partial charge in [0.25, 0.3) is 0 Å². The lowest BCUT2D eigenvalue weighted by Gasteiger charge is -2.19. The lowest BCUT2D eigenvalue weighted by atomic mass is 10.0. The first-order valence-electron chi connectivity index (χ1n) is 6.62. The number of likely N-dealkylation sites (N-methyl/N-ethyl adjacent to an activating group) is 1. The summed E-state index contributed by atoms with van der Waals surface area (Å²) < 4.78 is 1.82. The highest BCUT2D eigenvalue weighted by Gasteiger charge is 2.16. The molecule has 0 spiro atoms. The third-order valence-electron chi connectivity index (χ3n) is 3.28. The van der Waals surface area contributed by atoms with Crippen LogP contribution < -0.4 is 5.32 Å². The Labute approximate surface area is 114 Å². The fourth-order valence-electron chi connectivity index (χ4n) is 2.29. The maximum atomic E-state index is 4.55. The summed E-state index contributed by atoms with van der Waals surface area (Å²) in [6.45, 7) is 7.10. The highest BCUT2D eigenvalue weighted by molar-refractivity contribution is 5.26. The van der Waals surface area contributed by atoms with E-state index in [4.69, 9.17) is 0 Å². The van der Waals surface area contributed by atoms with Gasteiger partial charge in [-0.25, -0.2) is 4.98 Å². The maximum absolute atomic E-state index is 4.55. The molecule has 1 atom stereocenters. The van der Waals surface area contributed by atoms with Gasteiger partial charge in [-0.05, 0) is 32.0 Å². The van der Waals surface area contributed by atoms with Crippen LogP contribution >= 0.6 is 0 Å². The topological polar surface area (TPSA) is 55.6 Å². The number of aryl methyl sites for hydroxylation is 3. The van der Waals surface area contributed by atoms with Crippen LogP contribution in [0.4, 0.5) is 0 Å². The van der Waals surface area contributed by atoms with E-state index in [1.54, 1.807) is 6.33 Å². The Morgan fingerprint density at radius 3 is 2.68 bits per heavy atom. The molecule has 0 aliphatic carbocycles. The molecule has 0 saturated carbocycles. The van der Waals surface area contributed by atoms with Gasteiger partial charge in [0.15, 0.2) is 0 Å². The Bertz CT molecular complexity index is 547. The van der Waals surface area contributed by atoms with E-state index in [0.717, 1.165) is 30.2 Å². The van der Waals surface area contributed by atoms with Crippen LogP contribution in [0, 0.1) is 13.8 Å². The van der Waals surface area contributed by atoms with Crippen molar-refractivity contribution in [3.05, 3.63) is 41.2 Å². The van der Waals surface area contributed by atoms with Gasteiger partial charge < -0.3 is 5.32 Å². The van der Waals surface area contributed by atoms with Crippen molar-refractivity contribution in [3.63, 3.8) is 0 Å². The molecule has 1 N–H and O–H groups in total. The first kappa shape index (κ1) is 13.7. The van der Waals surface area contributed by atoms with E-state index in [1.807, 2.05) is 18.7 Å². The second-order valence-corrected chi connectivity index (χ2v) is 4.74. The van der Waals surface area contributed by atoms with Crippen molar-refractivity contribution in [2.45, 2.75) is 33.2 Å². The third kappa shape index (κ3) is 3.17. The van der Waals surface area contributed by atoms with E-state index in [0.29, 0.717) is 0 Å². The molecule has 0 aliphatic heterocycles. The highest BCUT2D eigenvalue weighted by atomic mass is 15.3. The minimum absolute atomic E-state index is 0.223. The molecular weight excluding hydrogens is 238 g/mol. The summed E-state index contributed by atoms with van der Waals surface area (Å²) in [4.78, 5) is 8.85. The Morgan fingerprint density at radius 1 is 1.32 bits per heavy atom. The van der Waals surface area contributed by atoms with Crippen molar-refractivity contribution >= 4 is 0 Å². The van der Waals surface area contributed by atoms with Crippen LogP contribution in [0.5, 0.6) is 0 Å². The zero-order valence-electron chi connectivity index (χ0n) is 12.0. The molecule has 2 aromatic heterocycles. The van der Waals surface area contributed by atoms with Gasteiger partial charge in [0.2, 0.25) is 0 Å². The molecule has 1 unspecified atom stereocenters. The zero-order chi connectivity index (χ0) is 13.8. The lowest BCUT2D eigenvalue weighted by Crippen LogP contribution is -2.25. The number of rotatable bonds is 5. The first-order valence-corrected chi connectivity index (χ1v) is 6.62. The van der Waals surface area contributed by atoms with Crippen molar-refractivity contribution < 1.29 is 0 Å². The zero-order valence-corrected chi connectivity index (χ0v) is 12.0. The van der Waals surface area contributed by atoms with Crippen LogP contribution in [0.15, 0.2) is 18.5 Å². The van der Waals surface area contributed by atoms with E-state index in [9.17, 15) is 0 Å². The predicted molar refractivity (Wildman–Crippen MR) is 74.8 cm³/mol. The van der Waals surface area contributed by atoms with Gasteiger partial charge in [0, 0.05) is 30.9 Å². The van der Waals surface area contributed by atoms with Crippen LogP contribution in [0.3, 0.4) is 0 Å². The van der Waals surface area contributed by atoms with Gasteiger partial charge >= 0.3 is 0 Å². The van der Waals surface area contributed by atoms with Crippen molar-refractivity contribution in [1.29, 1.82) is 0 Å². The van der Waals surface area contributed by atoms with Gasteiger partial charge in [-0.2, -0.15) is 5.10 Å². The van der Waals surface area contributed by atoms with Gasteiger partial charge in [0.05, 0.1) is 0 Å². The summed E-state index contributed by atoms with van der Waals surface area (Å²) in [6.07, 6.45) is 2.41. The number of aromatic nitrogens is 4. The SMILES string of the molecule is CCNC(Cc1ncnn1C)c1ccc(C)nc1C. The molecule has 0 aliphatic rings. The molecule has 5 nitrogen and oxygen atoms in total. The van der Waals surface area contributed by atoms with E-state index in [2.05, 4.69) is 46.4 Å². The summed E-state index contributed by atoms with van der Waals surface area (Å²) in [6, 6.07) is 4.44. The minimum Gasteiger partial charge on any atom is -0.310 e. The number of nitrogens with one attached hydrogen (secondary N) is 1. The average molecular weight is 259 g/mol. The summed E-state index contributed by atoms with van der Waals surface area (Å²) in [5.74, 6) is 0.978. The number of pyridine rings is 1. The molecule has 0 aromatic carbocycles.